The van der Waals surface area contributed by atoms with E-state index < -0.39 is 0 Å². The van der Waals surface area contributed by atoms with Crippen LogP contribution in [0.4, 0.5) is 11.6 Å². The van der Waals surface area contributed by atoms with Gasteiger partial charge < -0.3 is 19.9 Å². The average molecular weight is 293 g/mol. The predicted molar refractivity (Wildman–Crippen MR) is 81.4 cm³/mol. The van der Waals surface area contributed by atoms with Crippen molar-refractivity contribution in [3.8, 4) is 0 Å². The van der Waals surface area contributed by atoms with Gasteiger partial charge in [-0.15, -0.1) is 0 Å². The van der Waals surface area contributed by atoms with Crippen LogP contribution in [0.15, 0.2) is 12.4 Å². The van der Waals surface area contributed by atoms with Crippen molar-refractivity contribution in [1.82, 2.24) is 14.9 Å². The molecule has 7 nitrogen and oxygen atoms in total. The molecule has 116 valence electrons. The zero-order valence-electron chi connectivity index (χ0n) is 12.9. The second-order valence-electron chi connectivity index (χ2n) is 5.41. The Kier molecular flexibility index (Phi) is 5.32. The maximum absolute atomic E-state index is 11.9. The number of aromatic nitrogens is 2. The van der Waals surface area contributed by atoms with Crippen molar-refractivity contribution in [2.45, 2.75) is 6.42 Å². The lowest BCUT2D eigenvalue weighted by Gasteiger charge is -2.18. The first-order chi connectivity index (χ1) is 10.1. The van der Waals surface area contributed by atoms with E-state index in [1.165, 1.54) is 0 Å². The number of ether oxygens (including phenoxy) is 1. The third kappa shape index (κ3) is 4.04. The predicted octanol–water partition coefficient (Wildman–Crippen LogP) is 0.449. The molecular formula is C14H23N5O2. The topological polar surface area (TPSA) is 70.6 Å². The van der Waals surface area contributed by atoms with Crippen LogP contribution in [0.1, 0.15) is 6.42 Å². The summed E-state index contributed by atoms with van der Waals surface area (Å²) >= 11 is 0. The molecule has 2 rings (SSSR count). The van der Waals surface area contributed by atoms with E-state index in [0.29, 0.717) is 25.5 Å². The third-order valence-corrected chi connectivity index (χ3v) is 3.52. The number of carbonyl (C=O) groups excluding carboxylic acids is 1. The Morgan fingerprint density at radius 1 is 1.43 bits per heavy atom. The summed E-state index contributed by atoms with van der Waals surface area (Å²) in [6.07, 6.45) is 3.92. The van der Waals surface area contributed by atoms with Crippen LogP contribution in [0.3, 0.4) is 0 Å². The minimum Gasteiger partial charge on any atom is -0.383 e. The molecule has 7 heteroatoms. The normalized spacial score (nSPS) is 18.1. The molecule has 0 aliphatic carbocycles. The van der Waals surface area contributed by atoms with Gasteiger partial charge in [-0.2, -0.15) is 0 Å². The van der Waals surface area contributed by atoms with Crippen LogP contribution in [-0.4, -0.2) is 68.2 Å². The molecule has 1 aliphatic rings. The van der Waals surface area contributed by atoms with E-state index in [9.17, 15) is 4.79 Å². The largest absolute Gasteiger partial charge is 0.383 e. The number of methoxy groups -OCH3 is 1. The van der Waals surface area contributed by atoms with Gasteiger partial charge in [-0.3, -0.25) is 4.79 Å². The van der Waals surface area contributed by atoms with Crippen LogP contribution in [0, 0.1) is 5.92 Å². The number of nitrogens with zero attached hydrogens (tertiary/aromatic N) is 4. The van der Waals surface area contributed by atoms with E-state index in [0.717, 1.165) is 24.7 Å². The van der Waals surface area contributed by atoms with E-state index in [4.69, 9.17) is 4.74 Å². The standard InChI is InChI=1S/C14H23N5O2/c1-18(2)14-13(15-4-5-16-14)17-9-11-8-12(20)19(10-11)6-7-21-3/h4-5,11H,6-10H2,1-3H3,(H,15,17)/t11-/m1/s1. The monoisotopic (exact) mass is 293 g/mol. The Bertz CT molecular complexity index is 480. The van der Waals surface area contributed by atoms with Crippen molar-refractivity contribution in [3.63, 3.8) is 0 Å². The molecule has 0 aromatic carbocycles. The average Bonchev–Trinajstić information content (AvgIpc) is 2.83. The van der Waals surface area contributed by atoms with Crippen LogP contribution in [0.5, 0.6) is 0 Å². The van der Waals surface area contributed by atoms with Gasteiger partial charge >= 0.3 is 0 Å². The van der Waals surface area contributed by atoms with E-state index in [2.05, 4.69) is 15.3 Å². The van der Waals surface area contributed by atoms with Gasteiger partial charge in [-0.1, -0.05) is 0 Å². The summed E-state index contributed by atoms with van der Waals surface area (Å²) in [7, 11) is 5.51. The summed E-state index contributed by atoms with van der Waals surface area (Å²) in [5.74, 6) is 2.06. The second-order valence-corrected chi connectivity index (χ2v) is 5.41. The van der Waals surface area contributed by atoms with E-state index in [1.807, 2.05) is 23.9 Å². The highest BCUT2D eigenvalue weighted by atomic mass is 16.5. The van der Waals surface area contributed by atoms with Crippen molar-refractivity contribution >= 4 is 17.5 Å². The van der Waals surface area contributed by atoms with Crippen LogP contribution in [-0.2, 0) is 9.53 Å². The highest BCUT2D eigenvalue weighted by Crippen LogP contribution is 2.21. The van der Waals surface area contributed by atoms with Gasteiger partial charge in [0.15, 0.2) is 11.6 Å². The first-order valence-electron chi connectivity index (χ1n) is 7.10. The number of likely N-dealkylation sites (tertiary alicyclic amines) is 1. The molecule has 0 saturated carbocycles. The van der Waals surface area contributed by atoms with Gasteiger partial charge in [-0.25, -0.2) is 9.97 Å². The van der Waals surface area contributed by atoms with E-state index in [1.54, 1.807) is 19.5 Å². The Morgan fingerprint density at radius 3 is 2.90 bits per heavy atom. The summed E-state index contributed by atoms with van der Waals surface area (Å²) in [5.41, 5.74) is 0. The highest BCUT2D eigenvalue weighted by molar-refractivity contribution is 5.78. The van der Waals surface area contributed by atoms with E-state index >= 15 is 0 Å². The fraction of sp³-hybridized carbons (Fsp3) is 0.643. The molecule has 0 spiro atoms. The third-order valence-electron chi connectivity index (χ3n) is 3.52. The zero-order valence-corrected chi connectivity index (χ0v) is 12.9. The molecule has 1 aromatic rings. The summed E-state index contributed by atoms with van der Waals surface area (Å²) in [6, 6.07) is 0. The molecule has 0 bridgehead atoms. The van der Waals surface area contributed by atoms with Crippen molar-refractivity contribution in [2.75, 3.05) is 57.7 Å². The fourth-order valence-corrected chi connectivity index (χ4v) is 2.43. The van der Waals surface area contributed by atoms with Gasteiger partial charge in [0.25, 0.3) is 0 Å². The van der Waals surface area contributed by atoms with Gasteiger partial charge in [0, 0.05) is 65.6 Å². The molecular weight excluding hydrogens is 270 g/mol. The number of hydrogen-bond donors (Lipinski definition) is 1. The van der Waals surface area contributed by atoms with Crippen LogP contribution in [0.2, 0.25) is 0 Å². The zero-order chi connectivity index (χ0) is 15.2. The molecule has 1 aromatic heterocycles. The smallest absolute Gasteiger partial charge is 0.223 e. The van der Waals surface area contributed by atoms with Gasteiger partial charge in [0.2, 0.25) is 5.91 Å². The molecule has 2 heterocycles. The minimum atomic E-state index is 0.200. The lowest BCUT2D eigenvalue weighted by atomic mass is 10.1. The summed E-state index contributed by atoms with van der Waals surface area (Å²) in [4.78, 5) is 24.3. The van der Waals surface area contributed by atoms with Crippen LogP contribution >= 0.6 is 0 Å². The number of carbonyl (C=O) groups is 1. The summed E-state index contributed by atoms with van der Waals surface area (Å²) < 4.78 is 5.03. The molecule has 0 unspecified atom stereocenters. The van der Waals surface area contributed by atoms with Crippen LogP contribution < -0.4 is 10.2 Å². The lowest BCUT2D eigenvalue weighted by Crippen LogP contribution is -2.29. The molecule has 1 N–H and O–H groups in total. The lowest BCUT2D eigenvalue weighted by molar-refractivity contribution is -0.128. The minimum absolute atomic E-state index is 0.200. The number of hydrogen-bond acceptors (Lipinski definition) is 6. The molecule has 1 aliphatic heterocycles. The van der Waals surface area contributed by atoms with Gasteiger partial charge in [0.1, 0.15) is 0 Å². The highest BCUT2D eigenvalue weighted by Gasteiger charge is 2.29. The summed E-state index contributed by atoms with van der Waals surface area (Å²) in [6.45, 7) is 2.74. The number of anilines is 2. The molecule has 1 saturated heterocycles. The van der Waals surface area contributed by atoms with Gasteiger partial charge in [-0.05, 0) is 0 Å². The summed E-state index contributed by atoms with van der Waals surface area (Å²) in [5, 5.41) is 3.31. The first kappa shape index (κ1) is 15.5. The molecule has 0 radical (unpaired) electrons. The molecule has 21 heavy (non-hydrogen) atoms. The fourth-order valence-electron chi connectivity index (χ4n) is 2.43. The van der Waals surface area contributed by atoms with Crippen molar-refractivity contribution in [2.24, 2.45) is 5.92 Å². The number of rotatable bonds is 7. The Morgan fingerprint density at radius 2 is 2.19 bits per heavy atom. The van der Waals surface area contributed by atoms with Crippen molar-refractivity contribution in [3.05, 3.63) is 12.4 Å². The molecule has 1 fully saturated rings. The Balaban J connectivity index is 1.88. The van der Waals surface area contributed by atoms with Crippen LogP contribution in [0.25, 0.3) is 0 Å². The van der Waals surface area contributed by atoms with Crippen molar-refractivity contribution < 1.29 is 9.53 Å². The quantitative estimate of drug-likeness (QED) is 0.787. The SMILES string of the molecule is COCCN1C[C@@H](CNc2nccnc2N(C)C)CC1=O. The second kappa shape index (κ2) is 7.21. The Hall–Kier alpha value is -1.89. The molecule has 1 amide bonds. The van der Waals surface area contributed by atoms with Crippen molar-refractivity contribution in [1.29, 1.82) is 0 Å². The van der Waals surface area contributed by atoms with Gasteiger partial charge in [0.05, 0.1) is 6.61 Å². The maximum atomic E-state index is 11.9. The first-order valence-corrected chi connectivity index (χ1v) is 7.10. The Labute approximate surface area is 125 Å². The van der Waals surface area contributed by atoms with E-state index in [-0.39, 0.29) is 5.91 Å². The number of amides is 1. The number of nitrogens with one attached hydrogen (secondary N) is 1. The molecule has 1 atom stereocenters. The maximum Gasteiger partial charge on any atom is 0.223 e.